The summed E-state index contributed by atoms with van der Waals surface area (Å²) in [5, 5.41) is 2.84. The topological polar surface area (TPSA) is 100 Å². The first-order valence-electron chi connectivity index (χ1n) is 18.5. The monoisotopic (exact) mass is 677 g/mol. The van der Waals surface area contributed by atoms with E-state index in [0.717, 1.165) is 51.4 Å². The minimum Gasteiger partial charge on any atom is -0.493 e. The van der Waals surface area contributed by atoms with Crippen LogP contribution in [-0.2, 0) is 19.1 Å². The van der Waals surface area contributed by atoms with E-state index in [-0.39, 0.29) is 40.2 Å². The number of ether oxygens (including phenoxy) is 4. The van der Waals surface area contributed by atoms with Gasteiger partial charge in [0.2, 0.25) is 5.75 Å². The number of hydrogen-bond acceptors (Lipinski definition) is 7. The third-order valence-electron chi connectivity index (χ3n) is 15.4. The summed E-state index contributed by atoms with van der Waals surface area (Å²) in [6, 6.07) is 3.32. The van der Waals surface area contributed by atoms with E-state index in [4.69, 9.17) is 18.9 Å². The van der Waals surface area contributed by atoms with Crippen LogP contribution in [0.5, 0.6) is 17.2 Å². The van der Waals surface area contributed by atoms with Crippen LogP contribution in [0.3, 0.4) is 0 Å². The zero-order valence-electron chi connectivity index (χ0n) is 31.5. The van der Waals surface area contributed by atoms with Crippen LogP contribution in [0.2, 0.25) is 0 Å². The van der Waals surface area contributed by atoms with Crippen molar-refractivity contribution in [2.75, 3.05) is 33.3 Å². The number of fused-ring (bicyclic) bond motifs is 7. The van der Waals surface area contributed by atoms with E-state index in [9.17, 15) is 14.4 Å². The SMILES string of the molecule is COc1cc(NC(=O)COC(=O)[C@]23CC[C@@H](C)[C@H](C)[C@H]2C2=CC[C@@H]4[C@@]5(C)CCC(=O)C(C)(C)[C@@H]5CC[C@@]4(C)[C@]2(C)CC3)cc(OC)c1OC. The Morgan fingerprint density at radius 1 is 0.857 bits per heavy atom. The number of methoxy groups -OCH3 is 3. The molecule has 0 unspecified atom stereocenters. The maximum atomic E-state index is 14.4. The Labute approximate surface area is 293 Å². The molecule has 0 saturated heterocycles. The van der Waals surface area contributed by atoms with Gasteiger partial charge in [0, 0.05) is 29.7 Å². The molecule has 8 nitrogen and oxygen atoms in total. The van der Waals surface area contributed by atoms with Crippen molar-refractivity contribution in [3.8, 4) is 17.2 Å². The van der Waals surface area contributed by atoms with Gasteiger partial charge in [-0.1, -0.05) is 60.1 Å². The molecule has 4 saturated carbocycles. The summed E-state index contributed by atoms with van der Waals surface area (Å²) in [6.45, 7) is 16.2. The summed E-state index contributed by atoms with van der Waals surface area (Å²) in [5.74, 6) is 2.83. The number of allylic oxidation sites excluding steroid dienone is 2. The number of carbonyl (C=O) groups excluding carboxylic acids is 3. The van der Waals surface area contributed by atoms with Gasteiger partial charge in [-0.15, -0.1) is 0 Å². The highest BCUT2D eigenvalue weighted by atomic mass is 16.5. The Hall–Kier alpha value is -3.03. The normalized spacial score (nSPS) is 39.2. The van der Waals surface area contributed by atoms with Crippen molar-refractivity contribution in [1.29, 1.82) is 0 Å². The number of hydrogen-bond donors (Lipinski definition) is 1. The van der Waals surface area contributed by atoms with E-state index in [1.165, 1.54) is 26.9 Å². The third kappa shape index (κ3) is 5.15. The molecule has 49 heavy (non-hydrogen) atoms. The highest BCUT2D eigenvalue weighted by Crippen LogP contribution is 2.75. The lowest BCUT2D eigenvalue weighted by atomic mass is 9.33. The van der Waals surface area contributed by atoms with E-state index in [0.29, 0.717) is 58.8 Å². The molecule has 9 atom stereocenters. The van der Waals surface area contributed by atoms with E-state index >= 15 is 0 Å². The Kier molecular flexibility index (Phi) is 9.00. The van der Waals surface area contributed by atoms with Crippen LogP contribution in [0.25, 0.3) is 0 Å². The third-order valence-corrected chi connectivity index (χ3v) is 15.4. The van der Waals surface area contributed by atoms with Crippen LogP contribution >= 0.6 is 0 Å². The predicted molar refractivity (Wildman–Crippen MR) is 190 cm³/mol. The number of carbonyl (C=O) groups is 3. The van der Waals surface area contributed by atoms with Crippen molar-refractivity contribution in [2.24, 2.45) is 56.7 Å². The van der Waals surface area contributed by atoms with Crippen LogP contribution in [0, 0.1) is 56.7 Å². The van der Waals surface area contributed by atoms with E-state index < -0.39 is 11.3 Å². The Morgan fingerprint density at radius 3 is 2.16 bits per heavy atom. The first-order valence-corrected chi connectivity index (χ1v) is 18.5. The molecule has 5 aliphatic rings. The number of amides is 1. The van der Waals surface area contributed by atoms with Gasteiger partial charge in [-0.25, -0.2) is 0 Å². The van der Waals surface area contributed by atoms with Gasteiger partial charge in [-0.3, -0.25) is 14.4 Å². The van der Waals surface area contributed by atoms with Crippen molar-refractivity contribution in [3.05, 3.63) is 23.8 Å². The number of benzene rings is 1. The maximum Gasteiger partial charge on any atom is 0.313 e. The van der Waals surface area contributed by atoms with E-state index in [1.54, 1.807) is 12.1 Å². The summed E-state index contributed by atoms with van der Waals surface area (Å²) in [5.41, 5.74) is 1.14. The van der Waals surface area contributed by atoms with Gasteiger partial charge in [0.1, 0.15) is 5.78 Å². The molecule has 0 aromatic heterocycles. The fraction of sp³-hybridized carbons (Fsp3) is 0.732. The highest BCUT2D eigenvalue weighted by molar-refractivity contribution is 5.94. The Bertz CT molecular complexity index is 1520. The number of esters is 1. The predicted octanol–water partition coefficient (Wildman–Crippen LogP) is 8.42. The van der Waals surface area contributed by atoms with Crippen molar-refractivity contribution in [1.82, 2.24) is 0 Å². The van der Waals surface area contributed by atoms with Crippen molar-refractivity contribution >= 4 is 23.3 Å². The Balaban J connectivity index is 1.26. The zero-order valence-corrected chi connectivity index (χ0v) is 31.5. The quantitative estimate of drug-likeness (QED) is 0.228. The van der Waals surface area contributed by atoms with Crippen molar-refractivity contribution in [2.45, 2.75) is 106 Å². The number of rotatable bonds is 7. The van der Waals surface area contributed by atoms with Gasteiger partial charge in [0.05, 0.1) is 26.7 Å². The Morgan fingerprint density at radius 2 is 1.53 bits per heavy atom. The van der Waals surface area contributed by atoms with E-state index in [1.807, 2.05) is 0 Å². The van der Waals surface area contributed by atoms with Crippen molar-refractivity contribution in [3.63, 3.8) is 0 Å². The minimum atomic E-state index is -0.645. The summed E-state index contributed by atoms with van der Waals surface area (Å²) in [4.78, 5) is 40.7. The molecule has 0 radical (unpaired) electrons. The summed E-state index contributed by atoms with van der Waals surface area (Å²) in [6.07, 6.45) is 10.8. The van der Waals surface area contributed by atoms with Crippen LogP contribution in [0.15, 0.2) is 23.8 Å². The molecule has 8 heteroatoms. The van der Waals surface area contributed by atoms with Gasteiger partial charge >= 0.3 is 5.97 Å². The summed E-state index contributed by atoms with van der Waals surface area (Å²) < 4.78 is 22.2. The standard InChI is InChI=1S/C41H59NO7/c1-24-13-18-41(36(45)49-23-33(44)42-26-21-28(46-8)35(48-10)29(22-26)47-9)20-19-39(6)27(34(41)25(24)2)11-12-31-38(5)16-15-32(43)37(3,4)30(38)14-17-40(31,39)7/h11,21-22,24-25,30-31,34H,12-20,23H2,1-10H3,(H,42,44)/t24-,25+,30+,31-,34+,38+,39-,40-,41+/m1/s1. The largest absolute Gasteiger partial charge is 0.493 e. The molecule has 0 bridgehead atoms. The first kappa shape index (κ1) is 35.8. The molecular weight excluding hydrogens is 618 g/mol. The molecule has 4 fully saturated rings. The second-order valence-corrected chi connectivity index (χ2v) is 17.5. The fourth-order valence-corrected chi connectivity index (χ4v) is 12.3. The van der Waals surface area contributed by atoms with E-state index in [2.05, 4.69) is 59.9 Å². The number of nitrogens with one attached hydrogen (secondary N) is 1. The molecule has 1 aromatic carbocycles. The number of anilines is 1. The molecule has 6 rings (SSSR count). The second-order valence-electron chi connectivity index (χ2n) is 17.5. The molecule has 5 aliphatic carbocycles. The lowest BCUT2D eigenvalue weighted by Crippen LogP contribution is -2.65. The lowest BCUT2D eigenvalue weighted by Gasteiger charge is -2.70. The second kappa shape index (κ2) is 12.3. The van der Waals surface area contributed by atoms with Crippen LogP contribution in [-0.4, -0.2) is 45.6 Å². The number of Topliss-reactive ketones (excluding diaryl/α,β-unsaturated/α-hetero) is 1. The minimum absolute atomic E-state index is 0.0425. The zero-order chi connectivity index (χ0) is 35.7. The molecule has 1 aromatic rings. The summed E-state index contributed by atoms with van der Waals surface area (Å²) in [7, 11) is 4.57. The average molecular weight is 678 g/mol. The molecule has 0 heterocycles. The molecule has 1 N–H and O–H groups in total. The van der Waals surface area contributed by atoms with Gasteiger partial charge in [0.25, 0.3) is 5.91 Å². The van der Waals surface area contributed by atoms with Crippen LogP contribution in [0.1, 0.15) is 106 Å². The molecule has 270 valence electrons. The maximum absolute atomic E-state index is 14.4. The molecule has 0 aliphatic heterocycles. The van der Waals surface area contributed by atoms with Gasteiger partial charge < -0.3 is 24.3 Å². The van der Waals surface area contributed by atoms with Gasteiger partial charge in [-0.2, -0.15) is 0 Å². The first-order chi connectivity index (χ1) is 23.0. The van der Waals surface area contributed by atoms with Crippen molar-refractivity contribution < 1.29 is 33.3 Å². The van der Waals surface area contributed by atoms with Gasteiger partial charge in [0.15, 0.2) is 18.1 Å². The molecular formula is C41H59NO7. The molecule has 0 spiro atoms. The smallest absolute Gasteiger partial charge is 0.313 e. The lowest BCUT2D eigenvalue weighted by molar-refractivity contribution is -0.192. The highest BCUT2D eigenvalue weighted by Gasteiger charge is 2.69. The molecule has 1 amide bonds. The van der Waals surface area contributed by atoms with Crippen LogP contribution < -0.4 is 19.5 Å². The average Bonchev–Trinajstić information content (AvgIpc) is 3.06. The summed E-state index contributed by atoms with van der Waals surface area (Å²) >= 11 is 0. The van der Waals surface area contributed by atoms with Gasteiger partial charge in [-0.05, 0) is 97.2 Å². The van der Waals surface area contributed by atoms with Crippen LogP contribution in [0.4, 0.5) is 5.69 Å². The fourth-order valence-electron chi connectivity index (χ4n) is 12.3. The number of ketones is 1.